The van der Waals surface area contributed by atoms with Crippen LogP contribution in [0.15, 0.2) is 47.5 Å². The van der Waals surface area contributed by atoms with Gasteiger partial charge in [0, 0.05) is 17.0 Å². The number of rotatable bonds is 7. The molecule has 0 saturated heterocycles. The summed E-state index contributed by atoms with van der Waals surface area (Å²) in [5, 5.41) is 4.06. The van der Waals surface area contributed by atoms with Crippen LogP contribution >= 0.6 is 35.6 Å². The number of nitrogens with one attached hydrogen (secondary N) is 1. The van der Waals surface area contributed by atoms with E-state index < -0.39 is 0 Å². The highest BCUT2D eigenvalue weighted by Crippen LogP contribution is 2.43. The molecule has 1 saturated carbocycles. The molecule has 0 unspecified atom stereocenters. The number of guanidine groups is 1. The summed E-state index contributed by atoms with van der Waals surface area (Å²) >= 11 is 6.02. The van der Waals surface area contributed by atoms with Crippen LogP contribution in [0.25, 0.3) is 0 Å². The molecule has 0 aromatic heterocycles. The molecule has 0 atom stereocenters. The van der Waals surface area contributed by atoms with E-state index in [9.17, 15) is 0 Å². The standard InChI is InChI=1S/C21H26ClN3O2.HI/c1-26-18-9-4-15(12-19(18)27-2)13-24-20(23)25-14-21(10-3-11-21)16-5-7-17(22)8-6-16;/h4-9,12H,3,10-11,13-14H2,1-2H3,(H3,23,24,25);1H. The molecule has 1 aliphatic carbocycles. The molecule has 28 heavy (non-hydrogen) atoms. The van der Waals surface area contributed by atoms with Crippen LogP contribution in [0.5, 0.6) is 11.5 Å². The quantitative estimate of drug-likeness (QED) is 0.324. The van der Waals surface area contributed by atoms with Crippen LogP contribution in [0.1, 0.15) is 30.4 Å². The van der Waals surface area contributed by atoms with Crippen LogP contribution in [-0.4, -0.2) is 26.7 Å². The zero-order valence-corrected chi connectivity index (χ0v) is 19.3. The van der Waals surface area contributed by atoms with Crippen LogP contribution in [-0.2, 0) is 12.0 Å². The van der Waals surface area contributed by atoms with Gasteiger partial charge in [0.15, 0.2) is 17.5 Å². The number of hydrogen-bond donors (Lipinski definition) is 2. The molecule has 0 heterocycles. The van der Waals surface area contributed by atoms with Gasteiger partial charge in [-0.2, -0.15) is 0 Å². The van der Waals surface area contributed by atoms with E-state index >= 15 is 0 Å². The highest BCUT2D eigenvalue weighted by atomic mass is 127. The minimum atomic E-state index is 0. The molecule has 7 heteroatoms. The van der Waals surface area contributed by atoms with E-state index in [4.69, 9.17) is 26.8 Å². The summed E-state index contributed by atoms with van der Waals surface area (Å²) < 4.78 is 10.6. The van der Waals surface area contributed by atoms with Crippen molar-refractivity contribution in [2.24, 2.45) is 10.7 Å². The normalized spacial score (nSPS) is 15.2. The first kappa shape index (κ1) is 22.6. The Morgan fingerprint density at radius 2 is 1.79 bits per heavy atom. The molecule has 0 bridgehead atoms. The monoisotopic (exact) mass is 515 g/mol. The summed E-state index contributed by atoms with van der Waals surface area (Å²) in [6.07, 6.45) is 3.52. The van der Waals surface area contributed by atoms with Crippen molar-refractivity contribution in [2.45, 2.75) is 31.2 Å². The van der Waals surface area contributed by atoms with Crippen LogP contribution in [0.2, 0.25) is 5.02 Å². The fourth-order valence-corrected chi connectivity index (χ4v) is 3.57. The van der Waals surface area contributed by atoms with Crippen LogP contribution in [0.4, 0.5) is 0 Å². The first-order valence-electron chi connectivity index (χ1n) is 9.07. The SMILES string of the molecule is COc1ccc(CN=C(N)NCC2(c3ccc(Cl)cc3)CCC2)cc1OC.I. The Balaban J connectivity index is 0.00000280. The van der Waals surface area contributed by atoms with Crippen molar-refractivity contribution in [2.75, 3.05) is 20.8 Å². The van der Waals surface area contributed by atoms with E-state index in [1.807, 2.05) is 30.3 Å². The van der Waals surface area contributed by atoms with Gasteiger partial charge in [0.05, 0.1) is 20.8 Å². The lowest BCUT2D eigenvalue weighted by molar-refractivity contribution is 0.244. The molecule has 0 aliphatic heterocycles. The van der Waals surface area contributed by atoms with Crippen LogP contribution < -0.4 is 20.5 Å². The Labute approximate surface area is 188 Å². The molecular weight excluding hydrogens is 489 g/mol. The van der Waals surface area contributed by atoms with Crippen molar-refractivity contribution in [1.82, 2.24) is 5.32 Å². The molecule has 2 aromatic carbocycles. The van der Waals surface area contributed by atoms with Crippen molar-refractivity contribution in [1.29, 1.82) is 0 Å². The van der Waals surface area contributed by atoms with Crippen molar-refractivity contribution in [3.05, 3.63) is 58.6 Å². The van der Waals surface area contributed by atoms with Crippen molar-refractivity contribution in [3.8, 4) is 11.5 Å². The number of ether oxygens (including phenoxy) is 2. The lowest BCUT2D eigenvalue weighted by Gasteiger charge is -2.42. The summed E-state index contributed by atoms with van der Waals surface area (Å²) in [5.41, 5.74) is 8.53. The van der Waals surface area contributed by atoms with E-state index in [2.05, 4.69) is 22.4 Å². The first-order valence-corrected chi connectivity index (χ1v) is 9.45. The van der Waals surface area contributed by atoms with Gasteiger partial charge in [-0.05, 0) is 48.2 Å². The summed E-state index contributed by atoms with van der Waals surface area (Å²) in [7, 11) is 3.24. The van der Waals surface area contributed by atoms with Crippen molar-refractivity contribution >= 4 is 41.5 Å². The lowest BCUT2D eigenvalue weighted by atomic mass is 9.64. The van der Waals surface area contributed by atoms with Crippen molar-refractivity contribution in [3.63, 3.8) is 0 Å². The van der Waals surface area contributed by atoms with E-state index in [0.29, 0.717) is 24.0 Å². The van der Waals surface area contributed by atoms with Gasteiger partial charge < -0.3 is 20.5 Å². The Morgan fingerprint density at radius 1 is 1.11 bits per heavy atom. The van der Waals surface area contributed by atoms with Crippen LogP contribution in [0.3, 0.4) is 0 Å². The molecule has 2 aromatic rings. The smallest absolute Gasteiger partial charge is 0.188 e. The molecule has 152 valence electrons. The second-order valence-electron chi connectivity index (χ2n) is 6.89. The summed E-state index contributed by atoms with van der Waals surface area (Å²) in [6.45, 7) is 1.25. The number of nitrogens with two attached hydrogens (primary N) is 1. The van der Waals surface area contributed by atoms with Gasteiger partial charge in [-0.15, -0.1) is 24.0 Å². The third-order valence-electron chi connectivity index (χ3n) is 5.26. The predicted octanol–water partition coefficient (Wildman–Crippen LogP) is 4.50. The summed E-state index contributed by atoms with van der Waals surface area (Å²) in [6, 6.07) is 13.9. The number of aliphatic imine (C=N–C) groups is 1. The van der Waals surface area contributed by atoms with E-state index in [1.54, 1.807) is 14.2 Å². The van der Waals surface area contributed by atoms with Gasteiger partial charge in [0.2, 0.25) is 0 Å². The van der Waals surface area contributed by atoms with Crippen molar-refractivity contribution < 1.29 is 9.47 Å². The van der Waals surface area contributed by atoms with Gasteiger partial charge in [-0.3, -0.25) is 0 Å². The number of benzene rings is 2. The highest BCUT2D eigenvalue weighted by Gasteiger charge is 2.38. The second-order valence-corrected chi connectivity index (χ2v) is 7.32. The molecule has 0 radical (unpaired) electrons. The molecular formula is C21H27ClIN3O2. The fraction of sp³-hybridized carbons (Fsp3) is 0.381. The molecule has 3 N–H and O–H groups in total. The molecule has 0 amide bonds. The van der Waals surface area contributed by atoms with Crippen LogP contribution in [0, 0.1) is 0 Å². The van der Waals surface area contributed by atoms with Gasteiger partial charge in [-0.1, -0.05) is 36.2 Å². The summed E-state index contributed by atoms with van der Waals surface area (Å²) in [4.78, 5) is 4.46. The van der Waals surface area contributed by atoms with E-state index in [-0.39, 0.29) is 29.4 Å². The van der Waals surface area contributed by atoms with Gasteiger partial charge in [0.25, 0.3) is 0 Å². The average Bonchev–Trinajstić information content (AvgIpc) is 2.66. The molecule has 5 nitrogen and oxygen atoms in total. The first-order chi connectivity index (χ1) is 13.1. The number of hydrogen-bond acceptors (Lipinski definition) is 3. The third kappa shape index (κ3) is 5.23. The molecule has 3 rings (SSSR count). The summed E-state index contributed by atoms with van der Waals surface area (Å²) in [5.74, 6) is 1.84. The largest absolute Gasteiger partial charge is 0.493 e. The fourth-order valence-electron chi connectivity index (χ4n) is 3.45. The lowest BCUT2D eigenvalue weighted by Crippen LogP contribution is -2.47. The predicted molar refractivity (Wildman–Crippen MR) is 125 cm³/mol. The minimum Gasteiger partial charge on any atom is -0.493 e. The average molecular weight is 516 g/mol. The van der Waals surface area contributed by atoms with E-state index in [0.717, 1.165) is 30.0 Å². The Kier molecular flexibility index (Phi) is 8.24. The maximum atomic E-state index is 6.10. The third-order valence-corrected chi connectivity index (χ3v) is 5.51. The zero-order chi connectivity index (χ0) is 19.3. The number of nitrogens with zero attached hydrogens (tertiary/aromatic N) is 1. The van der Waals surface area contributed by atoms with Gasteiger partial charge in [0.1, 0.15) is 0 Å². The molecule has 0 spiro atoms. The topological polar surface area (TPSA) is 68.9 Å². The van der Waals surface area contributed by atoms with E-state index in [1.165, 1.54) is 12.0 Å². The molecule has 1 aliphatic rings. The molecule has 1 fully saturated rings. The zero-order valence-electron chi connectivity index (χ0n) is 16.2. The Hall–Kier alpha value is -1.67. The number of methoxy groups -OCH3 is 2. The highest BCUT2D eigenvalue weighted by molar-refractivity contribution is 14.0. The van der Waals surface area contributed by atoms with Gasteiger partial charge >= 0.3 is 0 Å². The maximum Gasteiger partial charge on any atom is 0.188 e. The minimum absolute atomic E-state index is 0. The van der Waals surface area contributed by atoms with Gasteiger partial charge in [-0.25, -0.2) is 4.99 Å². The number of halogens is 2. The maximum absolute atomic E-state index is 6.10. The Bertz CT molecular complexity index is 808. The second kappa shape index (κ2) is 10.2. The Morgan fingerprint density at radius 3 is 2.36 bits per heavy atom.